The number of morpholine rings is 1. The Morgan fingerprint density at radius 3 is 2.39 bits per heavy atom. The Hall–Kier alpha value is -2.90. The number of hydrogen-bond acceptors (Lipinski definition) is 5. The largest absolute Gasteiger partial charge is 0.483 e. The maximum atomic E-state index is 12.7. The number of rotatable bonds is 8. The van der Waals surface area contributed by atoms with Crippen molar-refractivity contribution >= 4 is 17.5 Å². The Bertz CT molecular complexity index is 922. The predicted octanol–water partition coefficient (Wildman–Crippen LogP) is 3.47. The average Bonchev–Trinajstić information content (AvgIpc) is 2.88. The van der Waals surface area contributed by atoms with Crippen molar-refractivity contribution in [2.75, 3.05) is 44.8 Å². The molecule has 4 rings (SSSR count). The van der Waals surface area contributed by atoms with E-state index in [9.17, 15) is 9.59 Å². The summed E-state index contributed by atoms with van der Waals surface area (Å²) in [6, 6.07) is 16.2. The lowest BCUT2D eigenvalue weighted by molar-refractivity contribution is -0.124. The Balaban J connectivity index is 1.33. The normalized spacial score (nSPS) is 18.3. The van der Waals surface area contributed by atoms with Gasteiger partial charge in [0.2, 0.25) is 0 Å². The molecule has 0 aromatic heterocycles. The number of benzene rings is 2. The maximum absolute atomic E-state index is 12.7. The number of ether oxygens (including phenoxy) is 2. The van der Waals surface area contributed by atoms with Crippen molar-refractivity contribution in [3.63, 3.8) is 0 Å². The van der Waals surface area contributed by atoms with Crippen molar-refractivity contribution in [2.24, 2.45) is 0 Å². The van der Waals surface area contributed by atoms with Gasteiger partial charge in [0.1, 0.15) is 5.75 Å². The standard InChI is InChI=1S/C26H33N3O4/c30-24(27-20-26(13-7-2-8-14-26)29-15-17-32-18-16-29)19-33-23-12-6-5-11-22(23)25(31)28-21-9-3-1-4-10-21/h1,3-6,9-12H,2,7-8,13-20H2,(H,27,30)(H,28,31). The number of para-hydroxylation sites is 2. The predicted molar refractivity (Wildman–Crippen MR) is 128 cm³/mol. The summed E-state index contributed by atoms with van der Waals surface area (Å²) >= 11 is 0. The van der Waals surface area contributed by atoms with Gasteiger partial charge in [-0.15, -0.1) is 0 Å². The lowest BCUT2D eigenvalue weighted by Gasteiger charge is -2.48. The van der Waals surface area contributed by atoms with Gasteiger partial charge >= 0.3 is 0 Å². The Morgan fingerprint density at radius 1 is 0.939 bits per heavy atom. The van der Waals surface area contributed by atoms with Crippen LogP contribution in [-0.2, 0) is 9.53 Å². The minimum Gasteiger partial charge on any atom is -0.483 e. The lowest BCUT2D eigenvalue weighted by Crippen LogP contribution is -2.60. The first-order valence-electron chi connectivity index (χ1n) is 11.8. The molecule has 33 heavy (non-hydrogen) atoms. The molecule has 0 spiro atoms. The zero-order valence-electron chi connectivity index (χ0n) is 19.1. The van der Waals surface area contributed by atoms with Gasteiger partial charge in [-0.05, 0) is 37.1 Å². The SMILES string of the molecule is O=C(COc1ccccc1C(=O)Nc1ccccc1)NCC1(N2CCOCC2)CCCCC1. The van der Waals surface area contributed by atoms with Crippen LogP contribution in [0.3, 0.4) is 0 Å². The van der Waals surface area contributed by atoms with Crippen LogP contribution in [0.5, 0.6) is 5.75 Å². The van der Waals surface area contributed by atoms with E-state index in [4.69, 9.17) is 9.47 Å². The van der Waals surface area contributed by atoms with Crippen molar-refractivity contribution < 1.29 is 19.1 Å². The molecule has 0 radical (unpaired) electrons. The van der Waals surface area contributed by atoms with Gasteiger partial charge in [0.25, 0.3) is 11.8 Å². The third kappa shape index (κ3) is 6.12. The topological polar surface area (TPSA) is 79.9 Å². The van der Waals surface area contributed by atoms with E-state index >= 15 is 0 Å². The fourth-order valence-corrected chi connectivity index (χ4v) is 4.81. The highest BCUT2D eigenvalue weighted by atomic mass is 16.5. The van der Waals surface area contributed by atoms with Crippen molar-refractivity contribution in [1.82, 2.24) is 10.2 Å². The number of nitrogens with one attached hydrogen (secondary N) is 2. The summed E-state index contributed by atoms with van der Waals surface area (Å²) in [7, 11) is 0. The molecule has 1 saturated heterocycles. The number of carbonyl (C=O) groups is 2. The number of nitrogens with zero attached hydrogens (tertiary/aromatic N) is 1. The molecule has 7 heteroatoms. The average molecular weight is 452 g/mol. The van der Waals surface area contributed by atoms with Crippen molar-refractivity contribution in [2.45, 2.75) is 37.6 Å². The Kier molecular flexibility index (Phi) is 7.96. The maximum Gasteiger partial charge on any atom is 0.259 e. The molecular formula is C26H33N3O4. The van der Waals surface area contributed by atoms with Crippen molar-refractivity contribution in [3.05, 3.63) is 60.2 Å². The number of amides is 2. The third-order valence-electron chi connectivity index (χ3n) is 6.60. The highest BCUT2D eigenvalue weighted by Gasteiger charge is 2.38. The van der Waals surface area contributed by atoms with Gasteiger partial charge < -0.3 is 20.1 Å². The molecule has 1 aliphatic heterocycles. The van der Waals surface area contributed by atoms with Gasteiger partial charge in [-0.2, -0.15) is 0 Å². The van der Waals surface area contributed by atoms with Crippen LogP contribution in [0, 0.1) is 0 Å². The van der Waals surface area contributed by atoms with Crippen LogP contribution in [0.2, 0.25) is 0 Å². The molecule has 2 amide bonds. The second-order valence-corrected chi connectivity index (χ2v) is 8.77. The minimum absolute atomic E-state index is 0.00513. The first kappa shape index (κ1) is 23.3. The fourth-order valence-electron chi connectivity index (χ4n) is 4.81. The molecule has 1 aliphatic carbocycles. The summed E-state index contributed by atoms with van der Waals surface area (Å²) < 4.78 is 11.3. The van der Waals surface area contributed by atoms with Gasteiger partial charge in [-0.25, -0.2) is 0 Å². The monoisotopic (exact) mass is 451 g/mol. The summed E-state index contributed by atoms with van der Waals surface area (Å²) in [6.45, 7) is 3.81. The number of anilines is 1. The minimum atomic E-state index is -0.273. The second kappa shape index (κ2) is 11.3. The molecule has 2 aliphatic rings. The molecule has 0 unspecified atom stereocenters. The lowest BCUT2D eigenvalue weighted by atomic mass is 9.79. The number of carbonyl (C=O) groups excluding carboxylic acids is 2. The van der Waals surface area contributed by atoms with Gasteiger partial charge in [-0.3, -0.25) is 14.5 Å². The molecule has 2 N–H and O–H groups in total. The molecule has 2 aromatic carbocycles. The summed E-state index contributed by atoms with van der Waals surface area (Å²) in [5.74, 6) is -0.0567. The Morgan fingerprint density at radius 2 is 1.64 bits per heavy atom. The van der Waals surface area contributed by atoms with Crippen LogP contribution in [-0.4, -0.2) is 61.7 Å². The summed E-state index contributed by atoms with van der Waals surface area (Å²) in [5.41, 5.74) is 1.10. The summed E-state index contributed by atoms with van der Waals surface area (Å²) in [4.78, 5) is 27.9. The van der Waals surface area contributed by atoms with Crippen LogP contribution in [0.15, 0.2) is 54.6 Å². The second-order valence-electron chi connectivity index (χ2n) is 8.77. The summed E-state index contributed by atoms with van der Waals surface area (Å²) in [6.07, 6.45) is 5.82. The van der Waals surface area contributed by atoms with Crippen LogP contribution in [0.25, 0.3) is 0 Å². The fraction of sp³-hybridized carbons (Fsp3) is 0.462. The van der Waals surface area contributed by atoms with E-state index in [1.54, 1.807) is 24.3 Å². The quantitative estimate of drug-likeness (QED) is 0.643. The van der Waals surface area contributed by atoms with Gasteiger partial charge in [0.05, 0.1) is 18.8 Å². The van der Waals surface area contributed by atoms with E-state index < -0.39 is 0 Å². The van der Waals surface area contributed by atoms with Crippen molar-refractivity contribution in [1.29, 1.82) is 0 Å². The third-order valence-corrected chi connectivity index (χ3v) is 6.60. The highest BCUT2D eigenvalue weighted by molar-refractivity contribution is 6.06. The van der Waals surface area contributed by atoms with Crippen molar-refractivity contribution in [3.8, 4) is 5.75 Å². The van der Waals surface area contributed by atoms with Gasteiger partial charge in [-0.1, -0.05) is 49.6 Å². The highest BCUT2D eigenvalue weighted by Crippen LogP contribution is 2.33. The van der Waals surface area contributed by atoms with Crippen LogP contribution in [0.4, 0.5) is 5.69 Å². The van der Waals surface area contributed by atoms with Crippen LogP contribution < -0.4 is 15.4 Å². The Labute approximate surface area is 195 Å². The van der Waals surface area contributed by atoms with Gasteiger partial charge in [0.15, 0.2) is 6.61 Å². The van der Waals surface area contributed by atoms with E-state index in [0.29, 0.717) is 23.5 Å². The van der Waals surface area contributed by atoms with Crippen LogP contribution >= 0.6 is 0 Å². The molecule has 7 nitrogen and oxygen atoms in total. The molecule has 0 atom stereocenters. The van der Waals surface area contributed by atoms with E-state index in [-0.39, 0.29) is 24.0 Å². The van der Waals surface area contributed by atoms with E-state index in [0.717, 1.165) is 39.1 Å². The van der Waals surface area contributed by atoms with E-state index in [1.807, 2.05) is 30.3 Å². The first-order chi connectivity index (χ1) is 16.2. The molecular weight excluding hydrogens is 418 g/mol. The van der Waals surface area contributed by atoms with Gasteiger partial charge in [0, 0.05) is 30.9 Å². The number of hydrogen-bond donors (Lipinski definition) is 2. The molecule has 1 heterocycles. The molecule has 0 bridgehead atoms. The van der Waals surface area contributed by atoms with E-state index in [2.05, 4.69) is 15.5 Å². The molecule has 1 saturated carbocycles. The molecule has 176 valence electrons. The van der Waals surface area contributed by atoms with E-state index in [1.165, 1.54) is 19.3 Å². The first-order valence-corrected chi connectivity index (χ1v) is 11.8. The zero-order chi connectivity index (χ0) is 22.9. The zero-order valence-corrected chi connectivity index (χ0v) is 19.1. The molecule has 2 fully saturated rings. The van der Waals surface area contributed by atoms with Crippen LogP contribution in [0.1, 0.15) is 42.5 Å². The summed E-state index contributed by atoms with van der Waals surface area (Å²) in [5, 5.41) is 5.96. The smallest absolute Gasteiger partial charge is 0.259 e. The molecule has 2 aromatic rings.